The fourth-order valence-electron chi connectivity index (χ4n) is 2.17. The summed E-state index contributed by atoms with van der Waals surface area (Å²) in [6, 6.07) is 7.47. The quantitative estimate of drug-likeness (QED) is 0.770. The molecular weight excluding hydrogens is 306 g/mol. The number of methoxy groups -OCH3 is 2. The topological polar surface area (TPSA) is 71.5 Å². The molecule has 0 aliphatic rings. The lowest BCUT2D eigenvalue weighted by Crippen LogP contribution is -2.21. The van der Waals surface area contributed by atoms with E-state index in [9.17, 15) is 0 Å². The molecule has 130 valence electrons. The van der Waals surface area contributed by atoms with Crippen molar-refractivity contribution in [3.8, 4) is 11.5 Å². The zero-order valence-electron chi connectivity index (χ0n) is 14.9. The smallest absolute Gasteiger partial charge is 0.146 e. The zero-order chi connectivity index (χ0) is 17.5. The predicted molar refractivity (Wildman–Crippen MR) is 96.6 cm³/mol. The van der Waals surface area contributed by atoms with Crippen molar-refractivity contribution in [1.82, 2.24) is 14.9 Å². The molecule has 0 fully saturated rings. The van der Waals surface area contributed by atoms with Crippen LogP contribution in [-0.4, -0.2) is 56.3 Å². The van der Waals surface area contributed by atoms with E-state index in [0.29, 0.717) is 17.4 Å². The molecule has 0 radical (unpaired) electrons. The maximum atomic E-state index is 5.40. The largest absolute Gasteiger partial charge is 0.497 e. The molecule has 24 heavy (non-hydrogen) atoms. The summed E-state index contributed by atoms with van der Waals surface area (Å²) in [6.07, 6.45) is 0. The van der Waals surface area contributed by atoms with Crippen molar-refractivity contribution in [2.45, 2.75) is 6.92 Å². The normalized spacial score (nSPS) is 10.6. The Balaban J connectivity index is 2.16. The van der Waals surface area contributed by atoms with Crippen molar-refractivity contribution in [1.29, 1.82) is 0 Å². The van der Waals surface area contributed by atoms with Crippen LogP contribution >= 0.6 is 0 Å². The Morgan fingerprint density at radius 2 is 1.79 bits per heavy atom. The van der Waals surface area contributed by atoms with Crippen LogP contribution in [0.3, 0.4) is 0 Å². The average molecular weight is 331 g/mol. The Kier molecular flexibility index (Phi) is 6.20. The number of nitrogens with one attached hydrogen (secondary N) is 2. The van der Waals surface area contributed by atoms with E-state index >= 15 is 0 Å². The van der Waals surface area contributed by atoms with Crippen LogP contribution in [0.4, 0.5) is 17.3 Å². The minimum atomic E-state index is 0.688. The number of benzene rings is 1. The van der Waals surface area contributed by atoms with Gasteiger partial charge in [0.1, 0.15) is 29.0 Å². The van der Waals surface area contributed by atoms with Crippen LogP contribution in [0.15, 0.2) is 24.3 Å². The van der Waals surface area contributed by atoms with Crippen molar-refractivity contribution < 1.29 is 9.47 Å². The van der Waals surface area contributed by atoms with Crippen molar-refractivity contribution in [2.24, 2.45) is 0 Å². The second-order valence-electron chi connectivity index (χ2n) is 5.61. The highest BCUT2D eigenvalue weighted by molar-refractivity contribution is 5.67. The van der Waals surface area contributed by atoms with Crippen molar-refractivity contribution in [3.63, 3.8) is 0 Å². The summed E-state index contributed by atoms with van der Waals surface area (Å²) in [7, 11) is 7.33. The lowest BCUT2D eigenvalue weighted by molar-refractivity contribution is 0.395. The number of ether oxygens (including phenoxy) is 2. The maximum absolute atomic E-state index is 5.40. The molecule has 0 aliphatic carbocycles. The fourth-order valence-corrected chi connectivity index (χ4v) is 2.17. The van der Waals surface area contributed by atoms with Crippen LogP contribution in [-0.2, 0) is 0 Å². The molecular formula is C17H25N5O2. The number of rotatable bonds is 8. The summed E-state index contributed by atoms with van der Waals surface area (Å²) in [6.45, 7) is 3.61. The first-order valence-corrected chi connectivity index (χ1v) is 7.75. The van der Waals surface area contributed by atoms with Gasteiger partial charge in [-0.05, 0) is 33.2 Å². The molecule has 0 bridgehead atoms. The van der Waals surface area contributed by atoms with Gasteiger partial charge in [-0.2, -0.15) is 0 Å². The minimum absolute atomic E-state index is 0.688. The zero-order valence-corrected chi connectivity index (χ0v) is 14.9. The Morgan fingerprint density at radius 3 is 2.46 bits per heavy atom. The first-order valence-electron chi connectivity index (χ1n) is 7.75. The predicted octanol–water partition coefficient (Wildman–Crippen LogP) is 2.52. The van der Waals surface area contributed by atoms with Gasteiger partial charge in [0.25, 0.3) is 0 Å². The van der Waals surface area contributed by atoms with E-state index in [1.54, 1.807) is 14.2 Å². The number of nitrogens with zero attached hydrogens (tertiary/aromatic N) is 3. The molecule has 0 spiro atoms. The SMILES string of the molecule is COc1ccc(Nc2cc(NCCN(C)C)nc(C)n2)c(OC)c1. The maximum Gasteiger partial charge on any atom is 0.146 e. The number of aromatic nitrogens is 2. The van der Waals surface area contributed by atoms with E-state index in [4.69, 9.17) is 9.47 Å². The molecule has 1 aromatic heterocycles. The van der Waals surface area contributed by atoms with Crippen LogP contribution in [0, 0.1) is 6.92 Å². The Labute approximate surface area is 143 Å². The molecule has 2 N–H and O–H groups in total. The highest BCUT2D eigenvalue weighted by Crippen LogP contribution is 2.31. The Hall–Kier alpha value is -2.54. The van der Waals surface area contributed by atoms with Crippen LogP contribution in [0.5, 0.6) is 11.5 Å². The fraction of sp³-hybridized carbons (Fsp3) is 0.412. The van der Waals surface area contributed by atoms with Gasteiger partial charge in [-0.3, -0.25) is 0 Å². The van der Waals surface area contributed by atoms with Gasteiger partial charge < -0.3 is 25.0 Å². The molecule has 0 amide bonds. The molecule has 0 saturated heterocycles. The van der Waals surface area contributed by atoms with Gasteiger partial charge in [0.15, 0.2) is 0 Å². The highest BCUT2D eigenvalue weighted by Gasteiger charge is 2.08. The third-order valence-corrected chi connectivity index (χ3v) is 3.37. The number of anilines is 3. The molecule has 1 aromatic carbocycles. The average Bonchev–Trinajstić information content (AvgIpc) is 2.54. The molecule has 0 saturated carbocycles. The molecule has 7 nitrogen and oxygen atoms in total. The van der Waals surface area contributed by atoms with Crippen molar-refractivity contribution in [2.75, 3.05) is 52.0 Å². The summed E-state index contributed by atoms with van der Waals surface area (Å²) < 4.78 is 10.6. The molecule has 2 rings (SSSR count). The van der Waals surface area contributed by atoms with E-state index in [1.165, 1.54) is 0 Å². The van der Waals surface area contributed by atoms with Crippen molar-refractivity contribution in [3.05, 3.63) is 30.1 Å². The van der Waals surface area contributed by atoms with E-state index in [1.807, 2.05) is 45.3 Å². The van der Waals surface area contributed by atoms with Gasteiger partial charge in [-0.25, -0.2) is 9.97 Å². The third-order valence-electron chi connectivity index (χ3n) is 3.37. The summed E-state index contributed by atoms with van der Waals surface area (Å²) in [5.41, 5.74) is 0.815. The number of likely N-dealkylation sites (N-methyl/N-ethyl adjacent to an activating group) is 1. The van der Waals surface area contributed by atoms with Gasteiger partial charge in [-0.1, -0.05) is 0 Å². The van der Waals surface area contributed by atoms with E-state index in [2.05, 4.69) is 25.5 Å². The lowest BCUT2D eigenvalue weighted by Gasteiger charge is -2.14. The lowest BCUT2D eigenvalue weighted by atomic mass is 10.2. The first kappa shape index (κ1) is 17.8. The van der Waals surface area contributed by atoms with Gasteiger partial charge in [0, 0.05) is 25.2 Å². The summed E-state index contributed by atoms with van der Waals surface area (Å²) in [5, 5.41) is 6.58. The van der Waals surface area contributed by atoms with Gasteiger partial charge >= 0.3 is 0 Å². The summed E-state index contributed by atoms with van der Waals surface area (Å²) in [5.74, 6) is 3.62. The first-order chi connectivity index (χ1) is 11.5. The molecule has 0 aliphatic heterocycles. The summed E-state index contributed by atoms with van der Waals surface area (Å²) in [4.78, 5) is 11.0. The second kappa shape index (κ2) is 8.35. The number of hydrogen-bond donors (Lipinski definition) is 2. The Morgan fingerprint density at radius 1 is 1.04 bits per heavy atom. The highest BCUT2D eigenvalue weighted by atomic mass is 16.5. The van der Waals surface area contributed by atoms with Gasteiger partial charge in [0.05, 0.1) is 19.9 Å². The van der Waals surface area contributed by atoms with E-state index in [-0.39, 0.29) is 0 Å². The monoisotopic (exact) mass is 331 g/mol. The molecule has 1 heterocycles. The Bertz CT molecular complexity index is 676. The van der Waals surface area contributed by atoms with Crippen molar-refractivity contribution >= 4 is 17.3 Å². The van der Waals surface area contributed by atoms with E-state index in [0.717, 1.165) is 30.3 Å². The molecule has 2 aromatic rings. The van der Waals surface area contributed by atoms with Crippen LogP contribution < -0.4 is 20.1 Å². The molecule has 7 heteroatoms. The second-order valence-corrected chi connectivity index (χ2v) is 5.61. The minimum Gasteiger partial charge on any atom is -0.497 e. The van der Waals surface area contributed by atoms with Crippen LogP contribution in [0.1, 0.15) is 5.82 Å². The van der Waals surface area contributed by atoms with Gasteiger partial charge in [-0.15, -0.1) is 0 Å². The van der Waals surface area contributed by atoms with Crippen LogP contribution in [0.2, 0.25) is 0 Å². The molecule has 0 atom stereocenters. The number of aryl methyl sites for hydroxylation is 1. The van der Waals surface area contributed by atoms with Gasteiger partial charge in [0.2, 0.25) is 0 Å². The summed E-state index contributed by atoms with van der Waals surface area (Å²) >= 11 is 0. The third kappa shape index (κ3) is 4.99. The van der Waals surface area contributed by atoms with Crippen LogP contribution in [0.25, 0.3) is 0 Å². The van der Waals surface area contributed by atoms with E-state index < -0.39 is 0 Å². The standard InChI is InChI=1S/C17H25N5O2/c1-12-19-16(18-8-9-22(2)3)11-17(20-12)21-14-7-6-13(23-4)10-15(14)24-5/h6-7,10-11H,8-9H2,1-5H3,(H2,18,19,20,21). The number of hydrogen-bond acceptors (Lipinski definition) is 7. The molecule has 0 unspecified atom stereocenters.